The summed E-state index contributed by atoms with van der Waals surface area (Å²) in [4.78, 5) is 25.0. The summed E-state index contributed by atoms with van der Waals surface area (Å²) in [5.74, 6) is -1.57. The average molecular weight is 375 g/mol. The van der Waals surface area contributed by atoms with Crippen LogP contribution in [-0.4, -0.2) is 17.9 Å². The highest BCUT2D eigenvalue weighted by molar-refractivity contribution is 6.30. The van der Waals surface area contributed by atoms with Crippen LogP contribution in [0, 0.1) is 5.82 Å². The second-order valence-corrected chi connectivity index (χ2v) is 6.87. The quantitative estimate of drug-likeness (QED) is 0.808. The van der Waals surface area contributed by atoms with E-state index in [9.17, 15) is 14.0 Å². The summed E-state index contributed by atoms with van der Waals surface area (Å²) in [5, 5.41) is 5.86. The molecule has 0 unspecified atom stereocenters. The fourth-order valence-electron chi connectivity index (χ4n) is 3.16. The number of halogens is 2. The number of hydrogen-bond acceptors (Lipinski definition) is 2. The van der Waals surface area contributed by atoms with Gasteiger partial charge >= 0.3 is 0 Å². The van der Waals surface area contributed by atoms with Crippen LogP contribution in [-0.2, 0) is 0 Å². The highest BCUT2D eigenvalue weighted by atomic mass is 35.5. The molecule has 0 atom stereocenters. The SMILES string of the molecule is O=C(Nc1ccccc1C(=O)NC1CCCCC1)c1ccc(Cl)cc1F. The van der Waals surface area contributed by atoms with Crippen LogP contribution in [0.25, 0.3) is 0 Å². The normalized spacial score (nSPS) is 14.7. The zero-order chi connectivity index (χ0) is 18.5. The van der Waals surface area contributed by atoms with Crippen molar-refractivity contribution in [3.05, 3.63) is 64.4 Å². The third-order valence-corrected chi connectivity index (χ3v) is 4.77. The summed E-state index contributed by atoms with van der Waals surface area (Å²) in [5.41, 5.74) is 0.581. The lowest BCUT2D eigenvalue weighted by Crippen LogP contribution is -2.36. The standard InChI is InChI=1S/C20H20ClFN2O2/c21-13-10-11-15(17(22)12-13)19(25)24-18-9-5-4-8-16(18)20(26)23-14-6-2-1-3-7-14/h4-5,8-12,14H,1-3,6-7H2,(H,23,26)(H,24,25). The molecule has 2 N–H and O–H groups in total. The van der Waals surface area contributed by atoms with Crippen molar-refractivity contribution < 1.29 is 14.0 Å². The number of para-hydroxylation sites is 1. The van der Waals surface area contributed by atoms with Gasteiger partial charge in [0.1, 0.15) is 5.82 Å². The van der Waals surface area contributed by atoms with Crippen LogP contribution >= 0.6 is 11.6 Å². The lowest BCUT2D eigenvalue weighted by molar-refractivity contribution is 0.0928. The van der Waals surface area contributed by atoms with Gasteiger partial charge in [-0.3, -0.25) is 9.59 Å². The van der Waals surface area contributed by atoms with E-state index in [4.69, 9.17) is 11.6 Å². The van der Waals surface area contributed by atoms with Gasteiger partial charge in [0.15, 0.2) is 0 Å². The van der Waals surface area contributed by atoms with Crippen LogP contribution in [0.15, 0.2) is 42.5 Å². The van der Waals surface area contributed by atoms with Crippen molar-refractivity contribution in [2.24, 2.45) is 0 Å². The summed E-state index contributed by atoms with van der Waals surface area (Å²) in [6, 6.07) is 10.7. The predicted molar refractivity (Wildman–Crippen MR) is 100 cm³/mol. The third-order valence-electron chi connectivity index (χ3n) is 4.54. The van der Waals surface area contributed by atoms with Gasteiger partial charge in [-0.2, -0.15) is 0 Å². The lowest BCUT2D eigenvalue weighted by atomic mass is 9.95. The molecule has 2 aromatic carbocycles. The molecule has 136 valence electrons. The van der Waals surface area contributed by atoms with Gasteiger partial charge in [0.25, 0.3) is 11.8 Å². The van der Waals surface area contributed by atoms with E-state index in [2.05, 4.69) is 10.6 Å². The van der Waals surface area contributed by atoms with E-state index >= 15 is 0 Å². The fraction of sp³-hybridized carbons (Fsp3) is 0.300. The molecule has 1 aliphatic carbocycles. The van der Waals surface area contributed by atoms with Gasteiger partial charge in [0.2, 0.25) is 0 Å². The molecule has 1 aliphatic rings. The maximum absolute atomic E-state index is 13.9. The first-order valence-electron chi connectivity index (χ1n) is 8.71. The maximum atomic E-state index is 13.9. The van der Waals surface area contributed by atoms with Crippen molar-refractivity contribution in [1.29, 1.82) is 0 Å². The van der Waals surface area contributed by atoms with Crippen molar-refractivity contribution >= 4 is 29.1 Å². The fourth-order valence-corrected chi connectivity index (χ4v) is 3.32. The lowest BCUT2D eigenvalue weighted by Gasteiger charge is -2.23. The molecule has 0 saturated heterocycles. The number of rotatable bonds is 4. The minimum atomic E-state index is -0.709. The van der Waals surface area contributed by atoms with Crippen LogP contribution in [0.3, 0.4) is 0 Å². The number of hydrogen-bond donors (Lipinski definition) is 2. The van der Waals surface area contributed by atoms with Crippen LogP contribution < -0.4 is 10.6 Å². The molecule has 0 aliphatic heterocycles. The highest BCUT2D eigenvalue weighted by Gasteiger charge is 2.20. The molecule has 0 spiro atoms. The molecular formula is C20H20ClFN2O2. The number of amides is 2. The Balaban J connectivity index is 1.76. The third kappa shape index (κ3) is 4.41. The van der Waals surface area contributed by atoms with Gasteiger partial charge < -0.3 is 10.6 Å². The molecule has 6 heteroatoms. The Morgan fingerprint density at radius 3 is 2.42 bits per heavy atom. The Hall–Kier alpha value is -2.40. The molecule has 2 amide bonds. The van der Waals surface area contributed by atoms with Gasteiger partial charge in [-0.25, -0.2) is 4.39 Å². The number of anilines is 1. The Morgan fingerprint density at radius 1 is 0.962 bits per heavy atom. The zero-order valence-electron chi connectivity index (χ0n) is 14.2. The number of benzene rings is 2. The van der Waals surface area contributed by atoms with Gasteiger partial charge in [0.05, 0.1) is 16.8 Å². The van der Waals surface area contributed by atoms with Gasteiger partial charge in [0, 0.05) is 11.1 Å². The molecule has 1 saturated carbocycles. The molecule has 3 rings (SSSR count). The van der Waals surface area contributed by atoms with Crippen molar-refractivity contribution in [2.45, 2.75) is 38.1 Å². The van der Waals surface area contributed by atoms with E-state index < -0.39 is 11.7 Å². The van der Waals surface area contributed by atoms with Gasteiger partial charge in [-0.15, -0.1) is 0 Å². The van der Waals surface area contributed by atoms with E-state index in [0.717, 1.165) is 31.7 Å². The maximum Gasteiger partial charge on any atom is 0.258 e. The van der Waals surface area contributed by atoms with E-state index in [0.29, 0.717) is 11.3 Å². The summed E-state index contributed by atoms with van der Waals surface area (Å²) in [6.45, 7) is 0. The molecule has 0 bridgehead atoms. The number of carbonyl (C=O) groups excluding carboxylic acids is 2. The van der Waals surface area contributed by atoms with Crippen LogP contribution in [0.4, 0.5) is 10.1 Å². The highest BCUT2D eigenvalue weighted by Crippen LogP contribution is 2.21. The van der Waals surface area contributed by atoms with E-state index in [1.807, 2.05) is 0 Å². The Morgan fingerprint density at radius 2 is 1.69 bits per heavy atom. The summed E-state index contributed by atoms with van der Waals surface area (Å²) >= 11 is 5.72. The first kappa shape index (κ1) is 18.4. The molecule has 0 radical (unpaired) electrons. The molecule has 0 heterocycles. The minimum Gasteiger partial charge on any atom is -0.349 e. The molecule has 26 heavy (non-hydrogen) atoms. The summed E-state index contributed by atoms with van der Waals surface area (Å²) in [7, 11) is 0. The largest absolute Gasteiger partial charge is 0.349 e. The second kappa shape index (κ2) is 8.32. The Labute approximate surface area is 156 Å². The van der Waals surface area contributed by atoms with E-state index in [1.54, 1.807) is 24.3 Å². The topological polar surface area (TPSA) is 58.2 Å². The summed E-state index contributed by atoms with van der Waals surface area (Å²) in [6.07, 6.45) is 5.36. The molecule has 0 aromatic heterocycles. The molecule has 1 fully saturated rings. The molecule has 2 aromatic rings. The second-order valence-electron chi connectivity index (χ2n) is 6.43. The van der Waals surface area contributed by atoms with Crippen LogP contribution in [0.1, 0.15) is 52.8 Å². The number of nitrogens with one attached hydrogen (secondary N) is 2. The monoisotopic (exact) mass is 374 g/mol. The average Bonchev–Trinajstić information content (AvgIpc) is 2.62. The first-order valence-corrected chi connectivity index (χ1v) is 9.08. The van der Waals surface area contributed by atoms with Crippen molar-refractivity contribution in [3.8, 4) is 0 Å². The first-order chi connectivity index (χ1) is 12.5. The minimum absolute atomic E-state index is 0.128. The van der Waals surface area contributed by atoms with Crippen LogP contribution in [0.2, 0.25) is 5.02 Å². The van der Waals surface area contributed by atoms with Crippen LogP contribution in [0.5, 0.6) is 0 Å². The van der Waals surface area contributed by atoms with Crippen molar-refractivity contribution in [3.63, 3.8) is 0 Å². The van der Waals surface area contributed by atoms with Gasteiger partial charge in [-0.1, -0.05) is 43.0 Å². The van der Waals surface area contributed by atoms with E-state index in [1.165, 1.54) is 18.6 Å². The molecular weight excluding hydrogens is 355 g/mol. The van der Waals surface area contributed by atoms with Gasteiger partial charge in [-0.05, 0) is 43.2 Å². The van der Waals surface area contributed by atoms with Crippen molar-refractivity contribution in [2.75, 3.05) is 5.32 Å². The predicted octanol–water partition coefficient (Wildman–Crippen LogP) is 4.79. The number of carbonyl (C=O) groups is 2. The van der Waals surface area contributed by atoms with Crippen molar-refractivity contribution in [1.82, 2.24) is 5.32 Å². The van der Waals surface area contributed by atoms with E-state index in [-0.39, 0.29) is 22.5 Å². The Kier molecular flexibility index (Phi) is 5.89. The summed E-state index contributed by atoms with van der Waals surface area (Å²) < 4.78 is 13.9. The Bertz CT molecular complexity index is 819. The molecule has 4 nitrogen and oxygen atoms in total. The smallest absolute Gasteiger partial charge is 0.258 e. The zero-order valence-corrected chi connectivity index (χ0v) is 15.0.